The molecule has 1 heterocycles. The minimum absolute atomic E-state index is 0.0309. The summed E-state index contributed by atoms with van der Waals surface area (Å²) in [6.07, 6.45) is 8.99. The van der Waals surface area contributed by atoms with Crippen LogP contribution in [-0.2, 0) is 11.3 Å². The van der Waals surface area contributed by atoms with Gasteiger partial charge < -0.3 is 5.32 Å². The van der Waals surface area contributed by atoms with E-state index in [0.717, 1.165) is 31.0 Å². The molecule has 3 nitrogen and oxygen atoms in total. The predicted octanol–water partition coefficient (Wildman–Crippen LogP) is 4.36. The summed E-state index contributed by atoms with van der Waals surface area (Å²) in [7, 11) is 0. The van der Waals surface area contributed by atoms with Crippen LogP contribution in [0.1, 0.15) is 51.0 Å². The molecule has 2 aliphatic rings. The number of nitrogens with zero attached hydrogens (tertiary/aromatic N) is 1. The van der Waals surface area contributed by atoms with Gasteiger partial charge in [0.15, 0.2) is 0 Å². The van der Waals surface area contributed by atoms with Crippen LogP contribution in [0, 0.1) is 5.92 Å². The molecule has 0 aromatic heterocycles. The molecule has 3 rings (SSSR count). The molecule has 1 aromatic carbocycles. The molecule has 1 aliphatic carbocycles. The maximum absolute atomic E-state index is 12.4. The summed E-state index contributed by atoms with van der Waals surface area (Å²) in [5.41, 5.74) is 3.49. The van der Waals surface area contributed by atoms with Crippen LogP contribution in [0.3, 0.4) is 0 Å². The van der Waals surface area contributed by atoms with Gasteiger partial charge in [0.05, 0.1) is 0 Å². The molecule has 124 valence electrons. The predicted molar refractivity (Wildman–Crippen MR) is 95.3 cm³/mol. The summed E-state index contributed by atoms with van der Waals surface area (Å²) in [4.78, 5) is 14.8. The molecule has 2 fully saturated rings. The first kappa shape index (κ1) is 16.3. The van der Waals surface area contributed by atoms with Crippen molar-refractivity contribution in [3.63, 3.8) is 0 Å². The third-order valence-corrected chi connectivity index (χ3v) is 5.12. The maximum Gasteiger partial charge on any atom is 0.248 e. The zero-order valence-electron chi connectivity index (χ0n) is 14.2. The van der Waals surface area contributed by atoms with Crippen molar-refractivity contribution in [3.05, 3.63) is 41.5 Å². The number of benzene rings is 1. The first-order valence-electron chi connectivity index (χ1n) is 9.01. The third-order valence-electron chi connectivity index (χ3n) is 5.12. The Kier molecular flexibility index (Phi) is 5.50. The molecule has 1 saturated carbocycles. The molecular weight excluding hydrogens is 284 g/mol. The van der Waals surface area contributed by atoms with Crippen molar-refractivity contribution in [2.24, 2.45) is 5.92 Å². The zero-order chi connectivity index (χ0) is 16.1. The molecule has 1 amide bonds. The number of hydrogen-bond donors (Lipinski definition) is 1. The average molecular weight is 312 g/mol. The molecule has 0 spiro atoms. The van der Waals surface area contributed by atoms with Crippen LogP contribution >= 0.6 is 0 Å². The molecule has 0 atom stereocenters. The van der Waals surface area contributed by atoms with Crippen LogP contribution in [0.5, 0.6) is 0 Å². The lowest BCUT2D eigenvalue weighted by Crippen LogP contribution is -2.20. The summed E-state index contributed by atoms with van der Waals surface area (Å²) in [5, 5.41) is 3.10. The number of carbonyl (C=O) groups is 1. The largest absolute Gasteiger partial charge is 0.322 e. The van der Waals surface area contributed by atoms with E-state index in [-0.39, 0.29) is 5.91 Å². The van der Waals surface area contributed by atoms with Crippen LogP contribution < -0.4 is 5.32 Å². The van der Waals surface area contributed by atoms with Crippen molar-refractivity contribution in [1.29, 1.82) is 0 Å². The van der Waals surface area contributed by atoms with Gasteiger partial charge in [0.2, 0.25) is 5.91 Å². The van der Waals surface area contributed by atoms with Gasteiger partial charge in [-0.25, -0.2) is 0 Å². The van der Waals surface area contributed by atoms with Gasteiger partial charge in [-0.2, -0.15) is 0 Å². The molecule has 1 aromatic rings. The topological polar surface area (TPSA) is 32.3 Å². The Morgan fingerprint density at radius 3 is 2.65 bits per heavy atom. The van der Waals surface area contributed by atoms with Crippen molar-refractivity contribution in [2.45, 2.75) is 52.0 Å². The van der Waals surface area contributed by atoms with E-state index in [9.17, 15) is 4.79 Å². The molecule has 0 radical (unpaired) electrons. The Balaban J connectivity index is 1.62. The van der Waals surface area contributed by atoms with Gasteiger partial charge in [0.1, 0.15) is 0 Å². The lowest BCUT2D eigenvalue weighted by atomic mass is 9.87. The molecule has 1 N–H and O–H groups in total. The lowest BCUT2D eigenvalue weighted by Gasteiger charge is -2.20. The smallest absolute Gasteiger partial charge is 0.248 e. The second kappa shape index (κ2) is 7.78. The van der Waals surface area contributed by atoms with Gasteiger partial charge in [-0.3, -0.25) is 9.69 Å². The van der Waals surface area contributed by atoms with E-state index in [1.54, 1.807) is 0 Å². The van der Waals surface area contributed by atoms with Gasteiger partial charge in [-0.1, -0.05) is 30.7 Å². The van der Waals surface area contributed by atoms with Gasteiger partial charge in [0, 0.05) is 18.3 Å². The summed E-state index contributed by atoms with van der Waals surface area (Å²) >= 11 is 0. The Bertz CT molecular complexity index is 563. The van der Waals surface area contributed by atoms with Gasteiger partial charge in [0.25, 0.3) is 0 Å². The Hall–Kier alpha value is -1.61. The fourth-order valence-electron chi connectivity index (χ4n) is 3.59. The number of amides is 1. The van der Waals surface area contributed by atoms with Gasteiger partial charge in [-0.05, 0) is 69.2 Å². The zero-order valence-corrected chi connectivity index (χ0v) is 14.2. The maximum atomic E-state index is 12.4. The normalized spacial score (nSPS) is 22.1. The van der Waals surface area contributed by atoms with Crippen molar-refractivity contribution in [1.82, 2.24) is 4.90 Å². The van der Waals surface area contributed by atoms with E-state index in [1.165, 1.54) is 49.9 Å². The summed E-state index contributed by atoms with van der Waals surface area (Å²) in [5.74, 6) is 0.833. The second-order valence-electron chi connectivity index (χ2n) is 7.11. The first-order valence-corrected chi connectivity index (χ1v) is 9.01. The lowest BCUT2D eigenvalue weighted by molar-refractivity contribution is -0.112. The SMILES string of the molecule is CC1CCC(=CC(=O)Nc2ccccc2CN2CCCC2)CC1. The quantitative estimate of drug-likeness (QED) is 0.838. The van der Waals surface area contributed by atoms with Crippen LogP contribution in [0.2, 0.25) is 0 Å². The van der Waals surface area contributed by atoms with E-state index in [1.807, 2.05) is 18.2 Å². The Morgan fingerprint density at radius 2 is 1.91 bits per heavy atom. The Morgan fingerprint density at radius 1 is 1.22 bits per heavy atom. The number of anilines is 1. The standard InChI is InChI=1S/C20H28N2O/c1-16-8-10-17(11-9-16)14-20(23)21-19-7-3-2-6-18(19)15-22-12-4-5-13-22/h2-3,6-7,14,16H,4-5,8-13,15H2,1H3,(H,21,23). The number of rotatable bonds is 4. The third kappa shape index (κ3) is 4.68. The molecular formula is C20H28N2O. The number of allylic oxidation sites excluding steroid dienone is 1. The van der Waals surface area contributed by atoms with Crippen LogP contribution in [0.15, 0.2) is 35.9 Å². The van der Waals surface area contributed by atoms with Gasteiger partial charge >= 0.3 is 0 Å². The van der Waals surface area contributed by atoms with E-state index < -0.39 is 0 Å². The number of para-hydroxylation sites is 1. The highest BCUT2D eigenvalue weighted by Gasteiger charge is 2.15. The highest BCUT2D eigenvalue weighted by molar-refractivity contribution is 6.00. The Labute approximate surface area is 139 Å². The van der Waals surface area contributed by atoms with Crippen molar-refractivity contribution >= 4 is 11.6 Å². The van der Waals surface area contributed by atoms with E-state index >= 15 is 0 Å². The fourth-order valence-corrected chi connectivity index (χ4v) is 3.59. The highest BCUT2D eigenvalue weighted by Crippen LogP contribution is 2.27. The second-order valence-corrected chi connectivity index (χ2v) is 7.11. The van der Waals surface area contributed by atoms with E-state index in [4.69, 9.17) is 0 Å². The number of likely N-dealkylation sites (tertiary alicyclic amines) is 1. The fraction of sp³-hybridized carbons (Fsp3) is 0.550. The molecule has 0 bridgehead atoms. The molecule has 23 heavy (non-hydrogen) atoms. The number of hydrogen-bond acceptors (Lipinski definition) is 2. The number of nitrogens with one attached hydrogen (secondary N) is 1. The van der Waals surface area contributed by atoms with Crippen LogP contribution in [0.25, 0.3) is 0 Å². The summed E-state index contributed by atoms with van der Waals surface area (Å²) in [6.45, 7) is 5.57. The molecule has 3 heteroatoms. The van der Waals surface area contributed by atoms with E-state index in [2.05, 4.69) is 29.3 Å². The molecule has 0 unspecified atom stereocenters. The average Bonchev–Trinajstić information content (AvgIpc) is 3.05. The van der Waals surface area contributed by atoms with Gasteiger partial charge in [-0.15, -0.1) is 0 Å². The van der Waals surface area contributed by atoms with Crippen LogP contribution in [0.4, 0.5) is 5.69 Å². The molecule has 1 aliphatic heterocycles. The minimum atomic E-state index is 0.0309. The minimum Gasteiger partial charge on any atom is -0.322 e. The summed E-state index contributed by atoms with van der Waals surface area (Å²) < 4.78 is 0. The molecule has 1 saturated heterocycles. The van der Waals surface area contributed by atoms with Crippen molar-refractivity contribution < 1.29 is 4.79 Å². The highest BCUT2D eigenvalue weighted by atomic mass is 16.1. The monoisotopic (exact) mass is 312 g/mol. The van der Waals surface area contributed by atoms with Crippen molar-refractivity contribution in [2.75, 3.05) is 18.4 Å². The first-order chi connectivity index (χ1) is 11.2. The summed E-state index contributed by atoms with van der Waals surface area (Å²) in [6, 6.07) is 8.20. The van der Waals surface area contributed by atoms with Crippen molar-refractivity contribution in [3.8, 4) is 0 Å². The number of carbonyl (C=O) groups excluding carboxylic acids is 1. The van der Waals surface area contributed by atoms with Crippen LogP contribution in [-0.4, -0.2) is 23.9 Å². The van der Waals surface area contributed by atoms with E-state index in [0.29, 0.717) is 0 Å².